The summed E-state index contributed by atoms with van der Waals surface area (Å²) in [5.41, 5.74) is 9.14. The zero-order valence-electron chi connectivity index (χ0n) is 11.0. The predicted molar refractivity (Wildman–Crippen MR) is 78.1 cm³/mol. The maximum absolute atomic E-state index is 12.0. The van der Waals surface area contributed by atoms with Crippen LogP contribution >= 0.6 is 0 Å². The van der Waals surface area contributed by atoms with Crippen molar-refractivity contribution in [3.8, 4) is 0 Å². The molecular weight excluding hydrogens is 236 g/mol. The molecule has 19 heavy (non-hydrogen) atoms. The standard InChI is InChI=1S/C16H18N2O/c1-12-6-5-9-14(15(12)17)16(19)18-11-10-13-7-3-2-4-8-13/h2-9H,10-11,17H2,1H3,(H,18,19). The topological polar surface area (TPSA) is 55.1 Å². The lowest BCUT2D eigenvalue weighted by molar-refractivity contribution is 0.0955. The van der Waals surface area contributed by atoms with Crippen LogP contribution in [0.5, 0.6) is 0 Å². The van der Waals surface area contributed by atoms with E-state index in [0.717, 1.165) is 12.0 Å². The van der Waals surface area contributed by atoms with Gasteiger partial charge in [0.05, 0.1) is 5.56 Å². The fourth-order valence-electron chi connectivity index (χ4n) is 1.94. The van der Waals surface area contributed by atoms with Gasteiger partial charge >= 0.3 is 0 Å². The Hall–Kier alpha value is -2.29. The first-order chi connectivity index (χ1) is 9.18. The molecule has 0 saturated heterocycles. The van der Waals surface area contributed by atoms with Crippen molar-refractivity contribution in [1.29, 1.82) is 0 Å². The van der Waals surface area contributed by atoms with Gasteiger partial charge in [0.2, 0.25) is 0 Å². The summed E-state index contributed by atoms with van der Waals surface area (Å²) in [6.45, 7) is 2.51. The number of nitrogens with two attached hydrogens (primary N) is 1. The largest absolute Gasteiger partial charge is 0.398 e. The first-order valence-electron chi connectivity index (χ1n) is 6.35. The van der Waals surface area contributed by atoms with Gasteiger partial charge in [-0.3, -0.25) is 4.79 Å². The summed E-state index contributed by atoms with van der Waals surface area (Å²) < 4.78 is 0. The van der Waals surface area contributed by atoms with Crippen molar-refractivity contribution in [3.63, 3.8) is 0 Å². The maximum Gasteiger partial charge on any atom is 0.253 e. The van der Waals surface area contributed by atoms with Gasteiger partial charge in [0.1, 0.15) is 0 Å². The minimum atomic E-state index is -0.114. The highest BCUT2D eigenvalue weighted by Crippen LogP contribution is 2.16. The van der Waals surface area contributed by atoms with E-state index in [0.29, 0.717) is 17.8 Å². The molecule has 0 atom stereocenters. The van der Waals surface area contributed by atoms with Crippen LogP contribution in [0.15, 0.2) is 48.5 Å². The summed E-state index contributed by atoms with van der Waals surface area (Å²) in [7, 11) is 0. The van der Waals surface area contributed by atoms with E-state index < -0.39 is 0 Å². The third-order valence-electron chi connectivity index (χ3n) is 3.11. The van der Waals surface area contributed by atoms with Crippen molar-refractivity contribution in [3.05, 3.63) is 65.2 Å². The lowest BCUT2D eigenvalue weighted by Gasteiger charge is -2.09. The minimum absolute atomic E-state index is 0.114. The van der Waals surface area contributed by atoms with Crippen molar-refractivity contribution >= 4 is 11.6 Å². The highest BCUT2D eigenvalue weighted by atomic mass is 16.1. The van der Waals surface area contributed by atoms with Crippen LogP contribution in [0.1, 0.15) is 21.5 Å². The first-order valence-corrected chi connectivity index (χ1v) is 6.35. The Bertz CT molecular complexity index is 564. The number of carbonyl (C=O) groups excluding carboxylic acids is 1. The Labute approximate surface area is 113 Å². The van der Waals surface area contributed by atoms with Crippen LogP contribution in [0.2, 0.25) is 0 Å². The highest BCUT2D eigenvalue weighted by Gasteiger charge is 2.09. The molecule has 3 nitrogen and oxygen atoms in total. The van der Waals surface area contributed by atoms with Gasteiger partial charge in [-0.2, -0.15) is 0 Å². The quantitative estimate of drug-likeness (QED) is 0.824. The Morgan fingerprint density at radius 1 is 1.11 bits per heavy atom. The van der Waals surface area contributed by atoms with Crippen molar-refractivity contribution in [1.82, 2.24) is 5.32 Å². The zero-order valence-corrected chi connectivity index (χ0v) is 11.0. The molecule has 0 heterocycles. The Morgan fingerprint density at radius 3 is 2.58 bits per heavy atom. The number of amides is 1. The van der Waals surface area contributed by atoms with Crippen molar-refractivity contribution in [2.75, 3.05) is 12.3 Å². The fraction of sp³-hybridized carbons (Fsp3) is 0.188. The molecular formula is C16H18N2O. The van der Waals surface area contributed by atoms with Gasteiger partial charge in [-0.1, -0.05) is 42.5 Å². The number of para-hydroxylation sites is 1. The zero-order chi connectivity index (χ0) is 13.7. The van der Waals surface area contributed by atoms with E-state index in [1.807, 2.05) is 49.4 Å². The van der Waals surface area contributed by atoms with E-state index in [4.69, 9.17) is 5.73 Å². The molecule has 2 rings (SSSR count). The van der Waals surface area contributed by atoms with E-state index in [9.17, 15) is 4.79 Å². The number of hydrogen-bond donors (Lipinski definition) is 2. The van der Waals surface area contributed by atoms with E-state index in [-0.39, 0.29) is 5.91 Å². The number of nitrogens with one attached hydrogen (secondary N) is 1. The molecule has 3 heteroatoms. The van der Waals surface area contributed by atoms with Gasteiger partial charge in [0.25, 0.3) is 5.91 Å². The Kier molecular flexibility index (Phi) is 4.18. The molecule has 0 aromatic heterocycles. The second-order valence-electron chi connectivity index (χ2n) is 4.53. The van der Waals surface area contributed by atoms with Gasteiger partial charge in [-0.25, -0.2) is 0 Å². The molecule has 0 aliphatic rings. The van der Waals surface area contributed by atoms with Crippen LogP contribution in [0.25, 0.3) is 0 Å². The molecule has 0 bridgehead atoms. The SMILES string of the molecule is Cc1cccc(C(=O)NCCc2ccccc2)c1N. The molecule has 0 unspecified atom stereocenters. The number of nitrogen functional groups attached to an aromatic ring is 1. The monoisotopic (exact) mass is 254 g/mol. The van der Waals surface area contributed by atoms with E-state index in [2.05, 4.69) is 5.32 Å². The summed E-state index contributed by atoms with van der Waals surface area (Å²) in [6, 6.07) is 15.6. The molecule has 0 aliphatic heterocycles. The summed E-state index contributed by atoms with van der Waals surface area (Å²) in [6.07, 6.45) is 0.818. The smallest absolute Gasteiger partial charge is 0.253 e. The van der Waals surface area contributed by atoms with Crippen molar-refractivity contribution in [2.45, 2.75) is 13.3 Å². The molecule has 0 radical (unpaired) electrons. The third-order valence-corrected chi connectivity index (χ3v) is 3.11. The second kappa shape index (κ2) is 6.05. The molecule has 1 amide bonds. The summed E-state index contributed by atoms with van der Waals surface area (Å²) >= 11 is 0. The molecule has 2 aromatic carbocycles. The number of aryl methyl sites for hydroxylation is 1. The lowest BCUT2D eigenvalue weighted by atomic mass is 10.1. The van der Waals surface area contributed by atoms with Gasteiger partial charge in [-0.15, -0.1) is 0 Å². The van der Waals surface area contributed by atoms with E-state index in [1.54, 1.807) is 6.07 Å². The molecule has 0 saturated carbocycles. The highest BCUT2D eigenvalue weighted by molar-refractivity contribution is 5.99. The molecule has 2 aromatic rings. The maximum atomic E-state index is 12.0. The van der Waals surface area contributed by atoms with Gasteiger partial charge in [-0.05, 0) is 30.5 Å². The number of benzene rings is 2. The number of carbonyl (C=O) groups is 1. The van der Waals surface area contributed by atoms with Crippen LogP contribution in [0.4, 0.5) is 5.69 Å². The Balaban J connectivity index is 1.93. The van der Waals surface area contributed by atoms with Crippen LogP contribution in [0.3, 0.4) is 0 Å². The van der Waals surface area contributed by atoms with Crippen LogP contribution in [0, 0.1) is 6.92 Å². The van der Waals surface area contributed by atoms with E-state index >= 15 is 0 Å². The number of hydrogen-bond acceptors (Lipinski definition) is 2. The van der Waals surface area contributed by atoms with Gasteiger partial charge in [0, 0.05) is 12.2 Å². The van der Waals surface area contributed by atoms with Crippen molar-refractivity contribution in [2.24, 2.45) is 0 Å². The number of anilines is 1. The van der Waals surface area contributed by atoms with E-state index in [1.165, 1.54) is 5.56 Å². The van der Waals surface area contributed by atoms with Gasteiger partial charge in [0.15, 0.2) is 0 Å². The minimum Gasteiger partial charge on any atom is -0.398 e. The van der Waals surface area contributed by atoms with Gasteiger partial charge < -0.3 is 11.1 Å². The Morgan fingerprint density at radius 2 is 1.84 bits per heavy atom. The molecule has 3 N–H and O–H groups in total. The third kappa shape index (κ3) is 3.35. The van der Waals surface area contributed by atoms with Crippen LogP contribution < -0.4 is 11.1 Å². The van der Waals surface area contributed by atoms with Crippen molar-refractivity contribution < 1.29 is 4.79 Å². The van der Waals surface area contributed by atoms with Crippen LogP contribution in [-0.4, -0.2) is 12.5 Å². The summed E-state index contributed by atoms with van der Waals surface area (Å²) in [5.74, 6) is -0.114. The fourth-order valence-corrected chi connectivity index (χ4v) is 1.94. The molecule has 0 spiro atoms. The first kappa shape index (κ1) is 13.1. The molecule has 0 aliphatic carbocycles. The summed E-state index contributed by atoms with van der Waals surface area (Å²) in [4.78, 5) is 12.0. The number of rotatable bonds is 4. The molecule has 98 valence electrons. The predicted octanol–water partition coefficient (Wildman–Crippen LogP) is 2.55. The van der Waals surface area contributed by atoms with Crippen LogP contribution in [-0.2, 0) is 6.42 Å². The average Bonchev–Trinajstić information content (AvgIpc) is 2.43. The second-order valence-corrected chi connectivity index (χ2v) is 4.53. The lowest BCUT2D eigenvalue weighted by Crippen LogP contribution is -2.26. The molecule has 0 fully saturated rings. The average molecular weight is 254 g/mol. The summed E-state index contributed by atoms with van der Waals surface area (Å²) in [5, 5.41) is 2.90. The normalized spacial score (nSPS) is 10.2.